The number of aryl methyl sites for hydroxylation is 1. The summed E-state index contributed by atoms with van der Waals surface area (Å²) in [6, 6.07) is 16.6. The molecule has 2 aromatic carbocycles. The second-order valence-electron chi connectivity index (χ2n) is 8.34. The van der Waals surface area contributed by atoms with E-state index < -0.39 is 0 Å². The third kappa shape index (κ3) is 7.28. The Morgan fingerprint density at radius 3 is 2.22 bits per heavy atom. The summed E-state index contributed by atoms with van der Waals surface area (Å²) in [6.07, 6.45) is 4.07. The lowest BCUT2D eigenvalue weighted by Crippen LogP contribution is -2.49. The Hall–Kier alpha value is -3.94. The molecular formula is C28H33FN6O. The molecule has 1 fully saturated rings. The SMILES string of the molecule is CCC(=O)N1CCN(c2ncccn2)CC1.CN=C(N=C(C)c1ccccc1)c1ccc(F)c(C)c1. The molecule has 0 aliphatic carbocycles. The summed E-state index contributed by atoms with van der Waals surface area (Å²) in [5.74, 6) is 1.38. The van der Waals surface area contributed by atoms with Crippen molar-refractivity contribution in [3.63, 3.8) is 0 Å². The maximum absolute atomic E-state index is 13.3. The number of rotatable bonds is 4. The number of piperazine rings is 1. The largest absolute Gasteiger partial charge is 0.339 e. The lowest BCUT2D eigenvalue weighted by atomic mass is 10.1. The Bertz CT molecular complexity index is 1190. The maximum atomic E-state index is 13.3. The summed E-state index contributed by atoms with van der Waals surface area (Å²) in [7, 11) is 1.69. The van der Waals surface area contributed by atoms with Crippen LogP contribution in [0.2, 0.25) is 0 Å². The van der Waals surface area contributed by atoms with Gasteiger partial charge in [0.15, 0.2) is 5.84 Å². The van der Waals surface area contributed by atoms with Gasteiger partial charge >= 0.3 is 0 Å². The number of nitrogens with zero attached hydrogens (tertiary/aromatic N) is 6. The van der Waals surface area contributed by atoms with Crippen molar-refractivity contribution in [2.75, 3.05) is 38.1 Å². The Morgan fingerprint density at radius 1 is 0.972 bits per heavy atom. The van der Waals surface area contributed by atoms with Crippen LogP contribution < -0.4 is 4.90 Å². The standard InChI is InChI=1S/C17H17FN2.C11H16N4O/c1-12-11-15(9-10-16(12)18)17(19-3)20-13(2)14-7-5-4-6-8-14;1-2-10(16)14-6-8-15(9-7-14)11-12-4-3-5-13-11/h4-11H,1-3H3;3-5H,2,6-9H2,1H3. The van der Waals surface area contributed by atoms with Crippen LogP contribution in [-0.4, -0.2) is 65.5 Å². The summed E-state index contributed by atoms with van der Waals surface area (Å²) >= 11 is 0. The van der Waals surface area contributed by atoms with E-state index >= 15 is 0 Å². The van der Waals surface area contributed by atoms with Gasteiger partial charge in [0.05, 0.1) is 0 Å². The first-order valence-corrected chi connectivity index (χ1v) is 12.1. The zero-order chi connectivity index (χ0) is 25.9. The zero-order valence-electron chi connectivity index (χ0n) is 21.4. The Morgan fingerprint density at radius 2 is 1.64 bits per heavy atom. The van der Waals surface area contributed by atoms with E-state index in [2.05, 4.69) is 24.9 Å². The first kappa shape index (κ1) is 26.7. The van der Waals surface area contributed by atoms with Gasteiger partial charge in [0, 0.05) is 63.3 Å². The normalized spacial score (nSPS) is 14.2. The number of anilines is 1. The minimum Gasteiger partial charge on any atom is -0.339 e. The highest BCUT2D eigenvalue weighted by Gasteiger charge is 2.21. The van der Waals surface area contributed by atoms with Crippen LogP contribution >= 0.6 is 0 Å². The number of carbonyl (C=O) groups excluding carboxylic acids is 1. The maximum Gasteiger partial charge on any atom is 0.225 e. The number of aromatic nitrogens is 2. The Kier molecular flexibility index (Phi) is 9.80. The number of halogens is 1. The van der Waals surface area contributed by atoms with Crippen molar-refractivity contribution in [1.82, 2.24) is 14.9 Å². The molecule has 0 radical (unpaired) electrons. The molecule has 188 valence electrons. The fourth-order valence-corrected chi connectivity index (χ4v) is 3.76. The van der Waals surface area contributed by atoms with Gasteiger partial charge in [-0.3, -0.25) is 9.79 Å². The van der Waals surface area contributed by atoms with E-state index in [9.17, 15) is 9.18 Å². The second kappa shape index (κ2) is 13.2. The van der Waals surface area contributed by atoms with Crippen molar-refractivity contribution in [3.8, 4) is 0 Å². The summed E-state index contributed by atoms with van der Waals surface area (Å²) in [5.41, 5.74) is 3.35. The molecule has 4 rings (SSSR count). The first-order valence-electron chi connectivity index (χ1n) is 12.1. The monoisotopic (exact) mass is 488 g/mol. The molecule has 2 heterocycles. The van der Waals surface area contributed by atoms with Crippen LogP contribution in [0.1, 0.15) is 37.0 Å². The fraction of sp³-hybridized carbons (Fsp3) is 0.321. The highest BCUT2D eigenvalue weighted by atomic mass is 19.1. The number of amides is 1. The molecule has 0 unspecified atom stereocenters. The molecule has 1 saturated heterocycles. The highest BCUT2D eigenvalue weighted by Crippen LogP contribution is 2.12. The molecule has 1 aliphatic heterocycles. The number of benzene rings is 2. The van der Waals surface area contributed by atoms with E-state index in [0.29, 0.717) is 17.8 Å². The number of hydrogen-bond donors (Lipinski definition) is 0. The van der Waals surface area contributed by atoms with Gasteiger partial charge < -0.3 is 9.80 Å². The van der Waals surface area contributed by atoms with Gasteiger partial charge in [-0.15, -0.1) is 0 Å². The fourth-order valence-electron chi connectivity index (χ4n) is 3.76. The number of hydrogen-bond acceptors (Lipinski definition) is 5. The average Bonchev–Trinajstić information content (AvgIpc) is 2.94. The van der Waals surface area contributed by atoms with Gasteiger partial charge in [0.25, 0.3) is 0 Å². The smallest absolute Gasteiger partial charge is 0.225 e. The number of carbonyl (C=O) groups is 1. The van der Waals surface area contributed by atoms with Gasteiger partial charge in [0.2, 0.25) is 11.9 Å². The van der Waals surface area contributed by atoms with Crippen LogP contribution in [0.5, 0.6) is 0 Å². The van der Waals surface area contributed by atoms with Crippen LogP contribution in [0.3, 0.4) is 0 Å². The number of amidine groups is 1. The summed E-state index contributed by atoms with van der Waals surface area (Å²) in [6.45, 7) is 8.74. The molecule has 3 aromatic rings. The van der Waals surface area contributed by atoms with Gasteiger partial charge in [-0.1, -0.05) is 37.3 Å². The van der Waals surface area contributed by atoms with Gasteiger partial charge in [-0.05, 0) is 49.2 Å². The molecular weight excluding hydrogens is 455 g/mol. The predicted octanol–water partition coefficient (Wildman–Crippen LogP) is 4.55. The molecule has 1 aliphatic rings. The minimum absolute atomic E-state index is 0.215. The first-order chi connectivity index (χ1) is 17.4. The molecule has 1 aromatic heterocycles. The molecule has 36 heavy (non-hydrogen) atoms. The van der Waals surface area contributed by atoms with E-state index in [-0.39, 0.29) is 11.7 Å². The molecule has 1 amide bonds. The van der Waals surface area contributed by atoms with Crippen molar-refractivity contribution in [3.05, 3.63) is 89.5 Å². The number of aliphatic imine (C=N–C) groups is 2. The van der Waals surface area contributed by atoms with Crippen LogP contribution in [0.25, 0.3) is 0 Å². The third-order valence-corrected chi connectivity index (χ3v) is 5.86. The molecule has 0 N–H and O–H groups in total. The van der Waals surface area contributed by atoms with Gasteiger partial charge in [-0.25, -0.2) is 19.4 Å². The van der Waals surface area contributed by atoms with E-state index in [1.807, 2.05) is 49.1 Å². The van der Waals surface area contributed by atoms with Gasteiger partial charge in [-0.2, -0.15) is 0 Å². The summed E-state index contributed by atoms with van der Waals surface area (Å²) in [5, 5.41) is 0. The quantitative estimate of drug-likeness (QED) is 0.399. The zero-order valence-corrected chi connectivity index (χ0v) is 21.4. The van der Waals surface area contributed by atoms with Crippen LogP contribution in [-0.2, 0) is 4.79 Å². The topological polar surface area (TPSA) is 74.1 Å². The third-order valence-electron chi connectivity index (χ3n) is 5.86. The summed E-state index contributed by atoms with van der Waals surface area (Å²) < 4.78 is 13.3. The highest BCUT2D eigenvalue weighted by molar-refractivity contribution is 6.11. The molecule has 0 saturated carbocycles. The van der Waals surface area contributed by atoms with Crippen LogP contribution in [0.15, 0.2) is 77.0 Å². The van der Waals surface area contributed by atoms with E-state index in [0.717, 1.165) is 49.0 Å². The van der Waals surface area contributed by atoms with Crippen molar-refractivity contribution < 1.29 is 9.18 Å². The molecule has 0 bridgehead atoms. The second-order valence-corrected chi connectivity index (χ2v) is 8.34. The summed E-state index contributed by atoms with van der Waals surface area (Å²) in [4.78, 5) is 32.7. The van der Waals surface area contributed by atoms with Crippen molar-refractivity contribution in [1.29, 1.82) is 0 Å². The minimum atomic E-state index is -0.215. The van der Waals surface area contributed by atoms with Gasteiger partial charge in [0.1, 0.15) is 5.82 Å². The van der Waals surface area contributed by atoms with E-state index in [1.54, 1.807) is 44.6 Å². The van der Waals surface area contributed by atoms with Crippen molar-refractivity contribution >= 4 is 23.4 Å². The van der Waals surface area contributed by atoms with E-state index in [4.69, 9.17) is 0 Å². The lowest BCUT2D eigenvalue weighted by Gasteiger charge is -2.34. The lowest BCUT2D eigenvalue weighted by molar-refractivity contribution is -0.131. The Balaban J connectivity index is 0.000000205. The Labute approximate surface area is 212 Å². The van der Waals surface area contributed by atoms with E-state index in [1.165, 1.54) is 6.07 Å². The molecule has 7 nitrogen and oxygen atoms in total. The van der Waals surface area contributed by atoms with Crippen molar-refractivity contribution in [2.24, 2.45) is 9.98 Å². The molecule has 8 heteroatoms. The predicted molar refractivity (Wildman–Crippen MR) is 143 cm³/mol. The van der Waals surface area contributed by atoms with Crippen molar-refractivity contribution in [2.45, 2.75) is 27.2 Å². The molecule has 0 spiro atoms. The average molecular weight is 489 g/mol. The van der Waals surface area contributed by atoms with Crippen LogP contribution in [0.4, 0.5) is 10.3 Å². The van der Waals surface area contributed by atoms with Crippen LogP contribution in [0, 0.1) is 12.7 Å². The molecule has 0 atom stereocenters.